The number of amides is 2. The molecule has 0 bridgehead atoms. The summed E-state index contributed by atoms with van der Waals surface area (Å²) in [5, 5.41) is 3.05. The number of hydrogen-bond acceptors (Lipinski definition) is 3. The van der Waals surface area contributed by atoms with Crippen molar-refractivity contribution < 1.29 is 14.3 Å². The first-order chi connectivity index (χ1) is 17.2. The first-order valence-electron chi connectivity index (χ1n) is 12.6. The average Bonchev–Trinajstić information content (AvgIpc) is 2.84. The minimum Gasteiger partial charge on any atom is -0.484 e. The van der Waals surface area contributed by atoms with Crippen molar-refractivity contribution in [1.29, 1.82) is 0 Å². The average molecular weight is 487 g/mol. The van der Waals surface area contributed by atoms with Crippen molar-refractivity contribution in [1.82, 2.24) is 10.2 Å². The minimum atomic E-state index is -0.664. The largest absolute Gasteiger partial charge is 0.484 e. The third-order valence-corrected chi connectivity index (χ3v) is 5.99. The lowest BCUT2D eigenvalue weighted by atomic mass is 10.0. The molecule has 5 nitrogen and oxygen atoms in total. The number of aryl methyl sites for hydroxylation is 3. The molecule has 1 atom stereocenters. The van der Waals surface area contributed by atoms with Crippen LogP contribution in [-0.2, 0) is 22.6 Å². The van der Waals surface area contributed by atoms with Crippen LogP contribution in [0.4, 0.5) is 0 Å². The van der Waals surface area contributed by atoms with Gasteiger partial charge in [0, 0.05) is 19.5 Å². The fourth-order valence-electron chi connectivity index (χ4n) is 4.11. The highest BCUT2D eigenvalue weighted by Crippen LogP contribution is 2.19. The van der Waals surface area contributed by atoms with Gasteiger partial charge in [-0.3, -0.25) is 9.59 Å². The van der Waals surface area contributed by atoms with Crippen LogP contribution < -0.4 is 10.1 Å². The van der Waals surface area contributed by atoms with E-state index in [2.05, 4.69) is 25.2 Å². The normalized spacial score (nSPS) is 11.7. The molecule has 1 N–H and O–H groups in total. The summed E-state index contributed by atoms with van der Waals surface area (Å²) in [5.41, 5.74) is 5.26. The maximum atomic E-state index is 13.7. The summed E-state index contributed by atoms with van der Waals surface area (Å²) < 4.78 is 5.92. The van der Waals surface area contributed by atoms with Gasteiger partial charge in [0.25, 0.3) is 5.91 Å². The van der Waals surface area contributed by atoms with E-state index in [1.54, 1.807) is 4.90 Å². The van der Waals surface area contributed by atoms with Crippen LogP contribution in [0.25, 0.3) is 0 Å². The molecule has 36 heavy (non-hydrogen) atoms. The molecule has 0 aliphatic rings. The molecular formula is C31H38N2O3. The molecule has 0 fully saturated rings. The van der Waals surface area contributed by atoms with Crippen molar-refractivity contribution in [3.05, 3.63) is 101 Å². The van der Waals surface area contributed by atoms with Gasteiger partial charge in [0.2, 0.25) is 5.91 Å². The van der Waals surface area contributed by atoms with Crippen molar-refractivity contribution in [3.8, 4) is 5.75 Å². The Bertz CT molecular complexity index is 1120. The van der Waals surface area contributed by atoms with Crippen LogP contribution in [0.2, 0.25) is 0 Å². The molecule has 0 radical (unpaired) electrons. The van der Waals surface area contributed by atoms with Crippen LogP contribution in [0.1, 0.15) is 41.7 Å². The fraction of sp³-hybridized carbons (Fsp3) is 0.355. The van der Waals surface area contributed by atoms with Gasteiger partial charge in [0.1, 0.15) is 11.8 Å². The zero-order valence-corrected chi connectivity index (χ0v) is 22.1. The van der Waals surface area contributed by atoms with Gasteiger partial charge in [0.05, 0.1) is 0 Å². The number of carbonyl (C=O) groups excluding carboxylic acids is 2. The van der Waals surface area contributed by atoms with Gasteiger partial charge < -0.3 is 15.0 Å². The van der Waals surface area contributed by atoms with Crippen molar-refractivity contribution in [2.24, 2.45) is 5.92 Å². The summed E-state index contributed by atoms with van der Waals surface area (Å²) in [6, 6.07) is 23.1. The molecule has 0 aliphatic heterocycles. The van der Waals surface area contributed by atoms with E-state index in [-0.39, 0.29) is 18.4 Å². The van der Waals surface area contributed by atoms with Gasteiger partial charge in [-0.25, -0.2) is 0 Å². The number of nitrogens with zero attached hydrogens (tertiary/aromatic N) is 1. The molecule has 0 unspecified atom stereocenters. The maximum absolute atomic E-state index is 13.7. The molecule has 5 heteroatoms. The number of ether oxygens (including phenoxy) is 1. The fourth-order valence-corrected chi connectivity index (χ4v) is 4.11. The number of rotatable bonds is 11. The first-order valence-corrected chi connectivity index (χ1v) is 12.6. The lowest BCUT2D eigenvalue weighted by Crippen LogP contribution is -2.52. The lowest BCUT2D eigenvalue weighted by Gasteiger charge is -2.31. The number of benzene rings is 3. The van der Waals surface area contributed by atoms with Gasteiger partial charge >= 0.3 is 0 Å². The zero-order valence-electron chi connectivity index (χ0n) is 22.1. The number of hydrogen-bond donors (Lipinski definition) is 1. The zero-order chi connectivity index (χ0) is 26.1. The Morgan fingerprint density at radius 3 is 2.08 bits per heavy atom. The number of carbonyl (C=O) groups is 2. The molecule has 0 aliphatic carbocycles. The van der Waals surface area contributed by atoms with E-state index in [1.807, 2.05) is 87.5 Å². The standard InChI is InChI=1S/C31H38N2O3/c1-22(2)19-32-31(35)29(18-26-9-7-6-8-10-26)33(20-27-13-11-23(3)12-14-27)30(34)21-36-28-16-24(4)15-25(5)17-28/h6-17,22,29H,18-21H2,1-5H3,(H,32,35)/t29-/m1/s1. The van der Waals surface area contributed by atoms with E-state index in [0.29, 0.717) is 31.2 Å². The van der Waals surface area contributed by atoms with Crippen LogP contribution in [0.15, 0.2) is 72.8 Å². The Morgan fingerprint density at radius 1 is 0.833 bits per heavy atom. The predicted molar refractivity (Wildman–Crippen MR) is 145 cm³/mol. The van der Waals surface area contributed by atoms with Crippen LogP contribution in [0, 0.1) is 26.7 Å². The molecule has 0 aromatic heterocycles. The quantitative estimate of drug-likeness (QED) is 0.395. The van der Waals surface area contributed by atoms with Crippen LogP contribution in [0.3, 0.4) is 0 Å². The first kappa shape index (κ1) is 27.0. The Morgan fingerprint density at radius 2 is 1.47 bits per heavy atom. The molecule has 2 amide bonds. The third kappa shape index (κ3) is 8.26. The van der Waals surface area contributed by atoms with E-state index >= 15 is 0 Å². The Kier molecular flexibility index (Phi) is 9.69. The second kappa shape index (κ2) is 12.9. The highest BCUT2D eigenvalue weighted by atomic mass is 16.5. The SMILES string of the molecule is Cc1ccc(CN(C(=O)COc2cc(C)cc(C)c2)[C@H](Cc2ccccc2)C(=O)NCC(C)C)cc1. The highest BCUT2D eigenvalue weighted by molar-refractivity contribution is 5.88. The second-order valence-electron chi connectivity index (χ2n) is 9.96. The topological polar surface area (TPSA) is 58.6 Å². The van der Waals surface area contributed by atoms with Gasteiger partial charge in [-0.15, -0.1) is 0 Å². The summed E-state index contributed by atoms with van der Waals surface area (Å²) in [5.74, 6) is 0.579. The van der Waals surface area contributed by atoms with Crippen molar-refractivity contribution in [2.75, 3.05) is 13.2 Å². The predicted octanol–water partition coefficient (Wildman–Crippen LogP) is 5.40. The van der Waals surface area contributed by atoms with Crippen LogP contribution in [0.5, 0.6) is 5.75 Å². The summed E-state index contributed by atoms with van der Waals surface area (Å²) in [4.78, 5) is 28.8. The third-order valence-electron chi connectivity index (χ3n) is 5.99. The summed E-state index contributed by atoms with van der Waals surface area (Å²) in [6.45, 7) is 10.9. The van der Waals surface area contributed by atoms with Crippen LogP contribution in [-0.4, -0.2) is 35.9 Å². The highest BCUT2D eigenvalue weighted by Gasteiger charge is 2.30. The molecule has 0 saturated carbocycles. The minimum absolute atomic E-state index is 0.141. The van der Waals surface area contributed by atoms with Gasteiger partial charge in [0.15, 0.2) is 6.61 Å². The Balaban J connectivity index is 1.90. The summed E-state index contributed by atoms with van der Waals surface area (Å²) >= 11 is 0. The molecular weight excluding hydrogens is 448 g/mol. The molecule has 0 heterocycles. The van der Waals surface area contributed by atoms with E-state index in [9.17, 15) is 9.59 Å². The summed E-state index contributed by atoms with van der Waals surface area (Å²) in [7, 11) is 0. The van der Waals surface area contributed by atoms with Crippen LogP contribution >= 0.6 is 0 Å². The van der Waals surface area contributed by atoms with Crippen molar-refractivity contribution >= 4 is 11.8 Å². The molecule has 190 valence electrons. The smallest absolute Gasteiger partial charge is 0.261 e. The van der Waals surface area contributed by atoms with Gasteiger partial charge in [-0.2, -0.15) is 0 Å². The Hall–Kier alpha value is -3.60. The maximum Gasteiger partial charge on any atom is 0.261 e. The van der Waals surface area contributed by atoms with Crippen molar-refractivity contribution in [2.45, 2.75) is 53.6 Å². The van der Waals surface area contributed by atoms with E-state index in [0.717, 1.165) is 27.8 Å². The van der Waals surface area contributed by atoms with Gasteiger partial charge in [-0.05, 0) is 61.1 Å². The van der Waals surface area contributed by atoms with E-state index < -0.39 is 6.04 Å². The van der Waals surface area contributed by atoms with E-state index in [4.69, 9.17) is 4.74 Å². The lowest BCUT2D eigenvalue weighted by molar-refractivity contribution is -0.142. The van der Waals surface area contributed by atoms with Crippen molar-refractivity contribution in [3.63, 3.8) is 0 Å². The monoisotopic (exact) mass is 486 g/mol. The summed E-state index contributed by atoms with van der Waals surface area (Å²) in [6.07, 6.45) is 0.423. The molecule has 3 aromatic rings. The molecule has 3 aromatic carbocycles. The molecule has 0 saturated heterocycles. The molecule has 0 spiro atoms. The Labute approximate surface area is 215 Å². The molecule has 3 rings (SSSR count). The van der Waals surface area contributed by atoms with E-state index in [1.165, 1.54) is 0 Å². The van der Waals surface area contributed by atoms with Gasteiger partial charge in [-0.1, -0.05) is 80.1 Å². The number of nitrogens with one attached hydrogen (secondary N) is 1. The second-order valence-corrected chi connectivity index (χ2v) is 9.96.